The summed E-state index contributed by atoms with van der Waals surface area (Å²) < 4.78 is 26.9. The molecule has 1 amide bonds. The first kappa shape index (κ1) is 22.5. The van der Waals surface area contributed by atoms with Crippen molar-refractivity contribution >= 4 is 33.4 Å². The molecule has 0 heterocycles. The molecule has 152 valence electrons. The molecule has 2 aromatic carbocycles. The summed E-state index contributed by atoms with van der Waals surface area (Å²) in [7, 11) is -3.56. The zero-order chi connectivity index (χ0) is 20.9. The fourth-order valence-corrected chi connectivity index (χ4v) is 5.19. The van der Waals surface area contributed by atoms with Crippen LogP contribution < -0.4 is 5.32 Å². The van der Waals surface area contributed by atoms with E-state index in [-0.39, 0.29) is 16.6 Å². The predicted molar refractivity (Wildman–Crippen MR) is 117 cm³/mol. The maximum Gasteiger partial charge on any atom is 0.243 e. The van der Waals surface area contributed by atoms with Crippen LogP contribution in [0.25, 0.3) is 0 Å². The summed E-state index contributed by atoms with van der Waals surface area (Å²) in [5.41, 5.74) is 3.68. The Labute approximate surface area is 172 Å². The molecule has 0 aliphatic rings. The number of amides is 1. The summed E-state index contributed by atoms with van der Waals surface area (Å²) in [6.45, 7) is 10.3. The molecule has 0 aliphatic carbocycles. The third-order valence-corrected chi connectivity index (χ3v) is 7.74. The van der Waals surface area contributed by atoms with E-state index >= 15 is 0 Å². The van der Waals surface area contributed by atoms with Crippen molar-refractivity contribution in [2.24, 2.45) is 0 Å². The van der Waals surface area contributed by atoms with Gasteiger partial charge in [0.1, 0.15) is 0 Å². The largest absolute Gasteiger partial charge is 0.325 e. The van der Waals surface area contributed by atoms with Crippen LogP contribution in [-0.4, -0.2) is 37.5 Å². The van der Waals surface area contributed by atoms with Gasteiger partial charge in [-0.3, -0.25) is 4.79 Å². The van der Waals surface area contributed by atoms with Crippen molar-refractivity contribution in [3.8, 4) is 0 Å². The van der Waals surface area contributed by atoms with E-state index in [9.17, 15) is 13.2 Å². The van der Waals surface area contributed by atoms with Crippen LogP contribution in [-0.2, 0) is 14.8 Å². The molecule has 0 unspecified atom stereocenters. The van der Waals surface area contributed by atoms with Crippen molar-refractivity contribution in [1.29, 1.82) is 0 Å². The minimum absolute atomic E-state index is 0.162. The molecular formula is C21H28N2O3S2. The number of thioether (sulfide) groups is 1. The predicted octanol–water partition coefficient (Wildman–Crippen LogP) is 4.37. The van der Waals surface area contributed by atoms with E-state index < -0.39 is 10.0 Å². The molecule has 0 aromatic heterocycles. The van der Waals surface area contributed by atoms with E-state index in [1.54, 1.807) is 18.2 Å². The molecule has 5 nitrogen and oxygen atoms in total. The Hall–Kier alpha value is -1.83. The molecule has 28 heavy (non-hydrogen) atoms. The van der Waals surface area contributed by atoms with Crippen LogP contribution in [0.15, 0.2) is 46.2 Å². The van der Waals surface area contributed by atoms with Crippen LogP contribution in [0.5, 0.6) is 0 Å². The zero-order valence-electron chi connectivity index (χ0n) is 17.1. The standard InChI is InChI=1S/C21H28N2O3S2/c1-6-23(7-2)28(25,26)18-10-9-16(4)19(13-18)22-21(24)14-27-20-11-8-15(3)12-17(20)5/h8-13H,6-7,14H2,1-5H3,(H,22,24). The summed E-state index contributed by atoms with van der Waals surface area (Å²) in [5.74, 6) is 0.0987. The number of nitrogens with zero attached hydrogens (tertiary/aromatic N) is 1. The van der Waals surface area contributed by atoms with Gasteiger partial charge in [-0.15, -0.1) is 11.8 Å². The molecule has 0 fully saturated rings. The number of benzene rings is 2. The highest BCUT2D eigenvalue weighted by atomic mass is 32.2. The molecule has 0 bridgehead atoms. The Morgan fingerprint density at radius 2 is 1.68 bits per heavy atom. The summed E-state index contributed by atoms with van der Waals surface area (Å²) in [6, 6.07) is 11.0. The molecule has 7 heteroatoms. The number of hydrogen-bond acceptors (Lipinski definition) is 4. The van der Waals surface area contributed by atoms with Gasteiger partial charge in [-0.25, -0.2) is 8.42 Å². The molecule has 1 N–H and O–H groups in total. The minimum atomic E-state index is -3.56. The molecule has 0 saturated carbocycles. The number of aryl methyl sites for hydroxylation is 3. The Kier molecular flexibility index (Phi) is 7.69. The van der Waals surface area contributed by atoms with Crippen LogP contribution in [0.3, 0.4) is 0 Å². The Bertz CT molecular complexity index is 952. The van der Waals surface area contributed by atoms with E-state index in [0.717, 1.165) is 16.0 Å². The molecule has 2 rings (SSSR count). The number of carbonyl (C=O) groups excluding carboxylic acids is 1. The molecule has 0 radical (unpaired) electrons. The molecule has 0 spiro atoms. The number of anilines is 1. The summed E-state index contributed by atoms with van der Waals surface area (Å²) >= 11 is 1.47. The first-order valence-electron chi connectivity index (χ1n) is 9.29. The Morgan fingerprint density at radius 3 is 2.29 bits per heavy atom. The van der Waals surface area contributed by atoms with Crippen molar-refractivity contribution < 1.29 is 13.2 Å². The second-order valence-corrected chi connectivity index (χ2v) is 9.63. The van der Waals surface area contributed by atoms with Gasteiger partial charge in [0.2, 0.25) is 15.9 Å². The molecule has 2 aromatic rings. The summed E-state index contributed by atoms with van der Waals surface area (Å²) in [4.78, 5) is 13.7. The average Bonchev–Trinajstić information content (AvgIpc) is 2.63. The van der Waals surface area contributed by atoms with E-state index in [2.05, 4.69) is 11.4 Å². The lowest BCUT2D eigenvalue weighted by molar-refractivity contribution is -0.113. The normalized spacial score (nSPS) is 11.6. The highest BCUT2D eigenvalue weighted by molar-refractivity contribution is 8.00. The third-order valence-electron chi connectivity index (χ3n) is 4.52. The maximum absolute atomic E-state index is 12.7. The summed E-state index contributed by atoms with van der Waals surface area (Å²) in [6.07, 6.45) is 0. The van der Waals surface area contributed by atoms with Gasteiger partial charge < -0.3 is 5.32 Å². The van der Waals surface area contributed by atoms with Gasteiger partial charge in [0, 0.05) is 23.7 Å². The van der Waals surface area contributed by atoms with Crippen molar-refractivity contribution in [2.45, 2.75) is 44.4 Å². The Morgan fingerprint density at radius 1 is 1.00 bits per heavy atom. The number of carbonyl (C=O) groups is 1. The highest BCUT2D eigenvalue weighted by Crippen LogP contribution is 2.25. The second-order valence-electron chi connectivity index (χ2n) is 6.67. The van der Waals surface area contributed by atoms with Gasteiger partial charge in [-0.05, 0) is 50.1 Å². The summed E-state index contributed by atoms with van der Waals surface area (Å²) in [5, 5.41) is 2.86. The van der Waals surface area contributed by atoms with Crippen LogP contribution in [0.2, 0.25) is 0 Å². The van der Waals surface area contributed by atoms with Crippen molar-refractivity contribution in [1.82, 2.24) is 4.31 Å². The van der Waals surface area contributed by atoms with E-state index in [4.69, 9.17) is 0 Å². The molecule has 0 atom stereocenters. The lowest BCUT2D eigenvalue weighted by Gasteiger charge is -2.19. The second kappa shape index (κ2) is 9.58. The highest BCUT2D eigenvalue weighted by Gasteiger charge is 2.22. The van der Waals surface area contributed by atoms with Crippen molar-refractivity contribution in [2.75, 3.05) is 24.2 Å². The van der Waals surface area contributed by atoms with Crippen LogP contribution in [0.1, 0.15) is 30.5 Å². The monoisotopic (exact) mass is 420 g/mol. The fourth-order valence-electron chi connectivity index (χ4n) is 2.90. The first-order valence-corrected chi connectivity index (χ1v) is 11.7. The van der Waals surface area contributed by atoms with E-state index in [1.807, 2.05) is 46.8 Å². The third kappa shape index (κ3) is 5.37. The molecule has 0 aliphatic heterocycles. The number of sulfonamides is 1. The van der Waals surface area contributed by atoms with Crippen molar-refractivity contribution in [3.05, 3.63) is 53.1 Å². The number of nitrogens with one attached hydrogen (secondary N) is 1. The minimum Gasteiger partial charge on any atom is -0.325 e. The fraction of sp³-hybridized carbons (Fsp3) is 0.381. The van der Waals surface area contributed by atoms with Gasteiger partial charge in [-0.1, -0.05) is 37.6 Å². The average molecular weight is 421 g/mol. The van der Waals surface area contributed by atoms with Gasteiger partial charge in [-0.2, -0.15) is 4.31 Å². The van der Waals surface area contributed by atoms with Crippen LogP contribution >= 0.6 is 11.8 Å². The van der Waals surface area contributed by atoms with Gasteiger partial charge >= 0.3 is 0 Å². The zero-order valence-corrected chi connectivity index (χ0v) is 18.7. The number of hydrogen-bond donors (Lipinski definition) is 1. The van der Waals surface area contributed by atoms with Crippen molar-refractivity contribution in [3.63, 3.8) is 0 Å². The lowest BCUT2D eigenvalue weighted by Crippen LogP contribution is -2.30. The van der Waals surface area contributed by atoms with Crippen LogP contribution in [0.4, 0.5) is 5.69 Å². The first-order chi connectivity index (χ1) is 13.2. The van der Waals surface area contributed by atoms with Crippen LogP contribution in [0, 0.1) is 20.8 Å². The smallest absolute Gasteiger partial charge is 0.243 e. The topological polar surface area (TPSA) is 66.5 Å². The Balaban J connectivity index is 2.14. The van der Waals surface area contributed by atoms with Gasteiger partial charge in [0.25, 0.3) is 0 Å². The van der Waals surface area contributed by atoms with E-state index in [0.29, 0.717) is 18.8 Å². The lowest BCUT2D eigenvalue weighted by atomic mass is 10.2. The number of rotatable bonds is 8. The van der Waals surface area contributed by atoms with Gasteiger partial charge in [0.15, 0.2) is 0 Å². The molecule has 0 saturated heterocycles. The van der Waals surface area contributed by atoms with E-state index in [1.165, 1.54) is 21.6 Å². The maximum atomic E-state index is 12.7. The quantitative estimate of drug-likeness (QED) is 0.644. The molecular weight excluding hydrogens is 392 g/mol. The SMILES string of the molecule is CCN(CC)S(=O)(=O)c1ccc(C)c(NC(=O)CSc2ccc(C)cc2C)c1. The van der Waals surface area contributed by atoms with Gasteiger partial charge in [0.05, 0.1) is 10.6 Å².